The highest BCUT2D eigenvalue weighted by atomic mass is 16.5. The number of aromatic nitrogens is 1. The Kier molecular flexibility index (Phi) is 8.25. The molecule has 2 aliphatic rings. The van der Waals surface area contributed by atoms with E-state index in [-0.39, 0.29) is 23.8 Å². The summed E-state index contributed by atoms with van der Waals surface area (Å²) in [5.41, 5.74) is 13.4. The fourth-order valence-electron chi connectivity index (χ4n) is 5.69. The molecule has 2 N–H and O–H groups in total. The average molecular weight is 501 g/mol. The molecule has 4 rings (SSSR count). The second kappa shape index (κ2) is 11.4. The number of carbonyl (C=O) groups excluding carboxylic acids is 1. The number of allylic oxidation sites excluding steroid dienone is 1. The first-order chi connectivity index (χ1) is 17.7. The van der Waals surface area contributed by atoms with Crippen molar-refractivity contribution in [3.8, 4) is 0 Å². The van der Waals surface area contributed by atoms with Crippen LogP contribution in [-0.2, 0) is 9.53 Å². The van der Waals surface area contributed by atoms with Gasteiger partial charge in [0.2, 0.25) is 0 Å². The highest BCUT2D eigenvalue weighted by Gasteiger charge is 2.28. The van der Waals surface area contributed by atoms with Crippen molar-refractivity contribution in [3.05, 3.63) is 63.4 Å². The van der Waals surface area contributed by atoms with Gasteiger partial charge in [-0.3, -0.25) is 19.8 Å². The molecule has 2 aromatic rings. The van der Waals surface area contributed by atoms with Crippen LogP contribution in [0, 0.1) is 18.8 Å². The Balaban J connectivity index is 1.59. The number of nitrogens with two attached hydrogens (primary N) is 1. The van der Waals surface area contributed by atoms with Crippen LogP contribution in [0.5, 0.6) is 0 Å². The first-order valence-electron chi connectivity index (χ1n) is 13.6. The Morgan fingerprint density at radius 2 is 1.89 bits per heavy atom. The van der Waals surface area contributed by atoms with Crippen LogP contribution in [0.15, 0.2) is 45.9 Å². The van der Waals surface area contributed by atoms with Crippen LogP contribution in [0.2, 0.25) is 0 Å². The third kappa shape index (κ3) is 5.84. The number of benzene rings is 1. The summed E-state index contributed by atoms with van der Waals surface area (Å²) in [5, 5.41) is 2.11. The molecule has 1 aliphatic carbocycles. The van der Waals surface area contributed by atoms with E-state index in [0.717, 1.165) is 75.9 Å². The Bertz CT molecular complexity index is 1350. The maximum Gasteiger partial charge on any atom is 0.308 e. The van der Waals surface area contributed by atoms with E-state index < -0.39 is 0 Å². The van der Waals surface area contributed by atoms with Gasteiger partial charge in [0.05, 0.1) is 35.3 Å². The molecule has 1 aromatic carbocycles. The van der Waals surface area contributed by atoms with Crippen molar-refractivity contribution in [2.45, 2.75) is 79.2 Å². The molecule has 0 spiro atoms. The van der Waals surface area contributed by atoms with Crippen LogP contribution >= 0.6 is 0 Å². The van der Waals surface area contributed by atoms with Gasteiger partial charge < -0.3 is 10.5 Å². The molecule has 1 atom stereocenters. The molecule has 1 aromatic heterocycles. The molecule has 196 valence electrons. The number of hydrogen-bond acceptors (Lipinski definition) is 6. The smallest absolute Gasteiger partial charge is 0.308 e. The van der Waals surface area contributed by atoms with Gasteiger partial charge in [-0.05, 0) is 83.1 Å². The molecule has 0 saturated heterocycles. The normalized spacial score (nSPS) is 22.1. The van der Waals surface area contributed by atoms with E-state index >= 15 is 0 Å². The number of aliphatic imine (C=N–C) groups is 1. The monoisotopic (exact) mass is 500 g/mol. The maximum atomic E-state index is 12.1. The summed E-state index contributed by atoms with van der Waals surface area (Å²) in [6.07, 6.45) is 5.81. The molecular weight excluding hydrogens is 460 g/mol. The number of rotatable bonds is 7. The zero-order chi connectivity index (χ0) is 26.7. The Morgan fingerprint density at radius 3 is 2.54 bits per heavy atom. The molecule has 6 heteroatoms. The van der Waals surface area contributed by atoms with Crippen molar-refractivity contribution in [3.63, 3.8) is 0 Å². The Hall–Kier alpha value is -3.28. The maximum absolute atomic E-state index is 12.1. The minimum absolute atomic E-state index is 0.0239. The average Bonchev–Trinajstić information content (AvgIpc) is 3.25. The zero-order valence-electron chi connectivity index (χ0n) is 23.0. The van der Waals surface area contributed by atoms with Gasteiger partial charge in [-0.25, -0.2) is 0 Å². The van der Waals surface area contributed by atoms with E-state index in [4.69, 9.17) is 25.4 Å². The Labute approximate surface area is 220 Å². The number of pyridine rings is 1. The van der Waals surface area contributed by atoms with Crippen LogP contribution in [0.4, 0.5) is 5.69 Å². The number of nitrogens with zero attached hydrogens (tertiary/aromatic N) is 3. The summed E-state index contributed by atoms with van der Waals surface area (Å²) in [7, 11) is 0. The third-order valence-corrected chi connectivity index (χ3v) is 7.51. The molecule has 37 heavy (non-hydrogen) atoms. The highest BCUT2D eigenvalue weighted by Crippen LogP contribution is 2.36. The van der Waals surface area contributed by atoms with Crippen LogP contribution in [0.3, 0.4) is 0 Å². The molecular formula is C31H40N4O2. The van der Waals surface area contributed by atoms with Crippen molar-refractivity contribution in [1.82, 2.24) is 4.98 Å². The van der Waals surface area contributed by atoms with Crippen molar-refractivity contribution in [2.75, 3.05) is 6.61 Å². The minimum Gasteiger partial charge on any atom is -0.466 e. The van der Waals surface area contributed by atoms with Crippen molar-refractivity contribution >= 4 is 29.1 Å². The lowest BCUT2D eigenvalue weighted by Gasteiger charge is -2.27. The molecule has 1 fully saturated rings. The lowest BCUT2D eigenvalue weighted by molar-refractivity contribution is -0.149. The van der Waals surface area contributed by atoms with Crippen molar-refractivity contribution < 1.29 is 9.53 Å². The number of aryl methyl sites for hydroxylation is 1. The Morgan fingerprint density at radius 1 is 1.16 bits per heavy atom. The van der Waals surface area contributed by atoms with Gasteiger partial charge in [-0.15, -0.1) is 0 Å². The van der Waals surface area contributed by atoms with Gasteiger partial charge in [0.15, 0.2) is 0 Å². The van der Waals surface area contributed by atoms with Gasteiger partial charge in [0, 0.05) is 33.8 Å². The largest absolute Gasteiger partial charge is 0.466 e. The fourth-order valence-corrected chi connectivity index (χ4v) is 5.69. The summed E-state index contributed by atoms with van der Waals surface area (Å²) in [6.45, 7) is 12.8. The molecule has 1 saturated carbocycles. The van der Waals surface area contributed by atoms with Crippen LogP contribution in [0.25, 0.3) is 11.8 Å². The quantitative estimate of drug-likeness (QED) is 0.421. The van der Waals surface area contributed by atoms with Crippen molar-refractivity contribution in [2.24, 2.45) is 27.6 Å². The fraction of sp³-hybridized carbons (Fsp3) is 0.484. The van der Waals surface area contributed by atoms with Crippen LogP contribution < -0.4 is 16.3 Å². The van der Waals surface area contributed by atoms with Gasteiger partial charge in [-0.1, -0.05) is 32.1 Å². The molecule has 1 unspecified atom stereocenters. The minimum atomic E-state index is -0.0548. The molecule has 0 bridgehead atoms. The molecule has 0 amide bonds. The summed E-state index contributed by atoms with van der Waals surface area (Å²) < 4.78 is 5.21. The number of esters is 1. The first kappa shape index (κ1) is 26.8. The van der Waals surface area contributed by atoms with E-state index in [1.165, 1.54) is 0 Å². The van der Waals surface area contributed by atoms with E-state index in [1.54, 1.807) is 0 Å². The van der Waals surface area contributed by atoms with Crippen molar-refractivity contribution in [1.29, 1.82) is 0 Å². The highest BCUT2D eigenvalue weighted by molar-refractivity contribution is 6.06. The number of ether oxygens (including phenoxy) is 1. The summed E-state index contributed by atoms with van der Waals surface area (Å²) in [4.78, 5) is 26.7. The molecule has 1 aliphatic heterocycles. The number of hydrogen-bond donors (Lipinski definition) is 1. The first-order valence-corrected chi connectivity index (χ1v) is 13.6. The van der Waals surface area contributed by atoms with Gasteiger partial charge in [-0.2, -0.15) is 0 Å². The zero-order valence-corrected chi connectivity index (χ0v) is 23.0. The van der Waals surface area contributed by atoms with Gasteiger partial charge >= 0.3 is 5.97 Å². The summed E-state index contributed by atoms with van der Waals surface area (Å²) in [5.74, 6) is 0.545. The van der Waals surface area contributed by atoms with Gasteiger partial charge in [0.1, 0.15) is 0 Å². The topological polar surface area (TPSA) is 89.9 Å². The molecule has 0 radical (unpaired) electrons. The summed E-state index contributed by atoms with van der Waals surface area (Å²) >= 11 is 0. The molecule has 6 nitrogen and oxygen atoms in total. The van der Waals surface area contributed by atoms with E-state index in [9.17, 15) is 4.79 Å². The van der Waals surface area contributed by atoms with E-state index in [0.29, 0.717) is 12.5 Å². The second-order valence-corrected chi connectivity index (χ2v) is 10.6. The van der Waals surface area contributed by atoms with E-state index in [2.05, 4.69) is 45.0 Å². The lowest BCUT2D eigenvalue weighted by atomic mass is 9.80. The number of carbonyl (C=O) groups is 1. The third-order valence-electron chi connectivity index (χ3n) is 7.51. The standard InChI is InChI=1S/C31H40N4O2/c1-7-37-31(36)23-13-11-22(12-14-23)27-16-15-26(20(5)34-27)35-21(6)29(18(2)3)30(32)24-9-8-10-28-25(24)17-19(4)33-28/h8-10,15-19,22-23H,7,11-14,32H2,1-6H3/b30-29-,35-21?. The lowest BCUT2D eigenvalue weighted by Crippen LogP contribution is -2.28. The SMILES string of the molecule is CCOC(=O)C1CCC(c2ccc(N=C(C)/C(=C(\N)c3cccc4c3=CC(C)N=4)C(C)C)c(C)n2)CC1. The molecule has 2 heterocycles. The van der Waals surface area contributed by atoms with Crippen LogP contribution in [0.1, 0.15) is 83.2 Å². The predicted octanol–water partition coefficient (Wildman–Crippen LogP) is 5.15. The van der Waals surface area contributed by atoms with Gasteiger partial charge in [0.25, 0.3) is 0 Å². The number of fused-ring (bicyclic) bond motifs is 1. The summed E-state index contributed by atoms with van der Waals surface area (Å²) in [6, 6.07) is 10.5. The van der Waals surface area contributed by atoms with Crippen LogP contribution in [-0.4, -0.2) is 29.3 Å². The second-order valence-electron chi connectivity index (χ2n) is 10.6. The predicted molar refractivity (Wildman–Crippen MR) is 150 cm³/mol. The van der Waals surface area contributed by atoms with E-state index in [1.807, 2.05) is 32.9 Å².